The zero-order valence-corrected chi connectivity index (χ0v) is 34.8. The molecule has 18 heteroatoms. The van der Waals surface area contributed by atoms with Crippen LogP contribution in [0.3, 0.4) is 0 Å². The minimum Gasteiger partial charge on any atom is -0.388 e. The van der Waals surface area contributed by atoms with Crippen LogP contribution >= 0.6 is 0 Å². The van der Waals surface area contributed by atoms with E-state index in [4.69, 9.17) is 0 Å². The van der Waals surface area contributed by atoms with Gasteiger partial charge in [-0.15, -0.1) is 0 Å². The minimum absolute atomic E-state index is 0.00456. The number of H-pyrrole nitrogens is 1. The molecule has 63 heavy (non-hydrogen) atoms. The van der Waals surface area contributed by atoms with E-state index in [1.807, 2.05) is 35.1 Å². The van der Waals surface area contributed by atoms with Crippen LogP contribution in [0.2, 0.25) is 0 Å². The fraction of sp³-hybridized carbons (Fsp3) is 0.356. The Kier molecular flexibility index (Phi) is 11.4. The predicted molar refractivity (Wildman–Crippen MR) is 227 cm³/mol. The minimum atomic E-state index is -4.36. The largest absolute Gasteiger partial charge is 0.388 e. The molecule has 2 aromatic heterocycles. The topological polar surface area (TPSA) is 176 Å². The van der Waals surface area contributed by atoms with Crippen molar-refractivity contribution >= 4 is 55.9 Å². The molecular formula is C45H44F3N7O7S. The number of aliphatic hydroxyl groups excluding tert-OH is 1. The average Bonchev–Trinajstić information content (AvgIpc) is 4.00. The number of hydrogen-bond donors (Lipinski definition) is 3. The van der Waals surface area contributed by atoms with Crippen LogP contribution < -0.4 is 9.62 Å². The molecule has 0 bridgehead atoms. The van der Waals surface area contributed by atoms with E-state index in [1.165, 1.54) is 6.20 Å². The monoisotopic (exact) mass is 883 g/mol. The number of aromatic nitrogens is 2. The number of nitrogens with zero attached hydrogens (tertiary/aromatic N) is 5. The second kappa shape index (κ2) is 17.0. The van der Waals surface area contributed by atoms with Crippen molar-refractivity contribution in [1.82, 2.24) is 24.1 Å². The van der Waals surface area contributed by atoms with Gasteiger partial charge in [-0.05, 0) is 72.4 Å². The maximum atomic E-state index is 15.7. The molecule has 14 nitrogen and oxygen atoms in total. The smallest absolute Gasteiger partial charge is 0.301 e. The number of amides is 1. The summed E-state index contributed by atoms with van der Waals surface area (Å²) in [6, 6.07) is 15.9. The Morgan fingerprint density at radius 2 is 1.73 bits per heavy atom. The summed E-state index contributed by atoms with van der Waals surface area (Å²) in [6.07, 6.45) is 1.83. The number of ketones is 3. The van der Waals surface area contributed by atoms with Crippen LogP contribution in [-0.2, 0) is 26.3 Å². The molecule has 3 aliphatic heterocycles. The van der Waals surface area contributed by atoms with Crippen molar-refractivity contribution in [3.63, 3.8) is 0 Å². The van der Waals surface area contributed by atoms with Gasteiger partial charge in [0.05, 0.1) is 29.8 Å². The third-order valence-electron chi connectivity index (χ3n) is 12.6. The lowest BCUT2D eigenvalue weighted by atomic mass is 9.92. The van der Waals surface area contributed by atoms with E-state index in [2.05, 4.69) is 19.8 Å². The lowest BCUT2D eigenvalue weighted by molar-refractivity contribution is -0.133. The van der Waals surface area contributed by atoms with Crippen LogP contribution in [0.15, 0.2) is 73.1 Å². The molecule has 3 aromatic carbocycles. The molecule has 4 aliphatic rings. The normalized spacial score (nSPS) is 20.5. The number of nitrogens with one attached hydrogen (secondary N) is 2. The Morgan fingerprint density at radius 3 is 2.46 bits per heavy atom. The van der Waals surface area contributed by atoms with Crippen molar-refractivity contribution in [2.24, 2.45) is 0 Å². The summed E-state index contributed by atoms with van der Waals surface area (Å²) in [5.41, 5.74) is 3.10. The van der Waals surface area contributed by atoms with Crippen LogP contribution in [0.1, 0.15) is 75.6 Å². The number of carbonyl (C=O) groups is 4. The number of aromatic amines is 1. The highest BCUT2D eigenvalue weighted by atomic mass is 32.2. The molecule has 0 spiro atoms. The van der Waals surface area contributed by atoms with Gasteiger partial charge in [0.1, 0.15) is 23.4 Å². The molecule has 0 unspecified atom stereocenters. The maximum absolute atomic E-state index is 15.7. The predicted octanol–water partition coefficient (Wildman–Crippen LogP) is 5.33. The molecule has 1 saturated carbocycles. The summed E-state index contributed by atoms with van der Waals surface area (Å²) >= 11 is 0. The molecule has 5 aromatic rings. The fourth-order valence-electron chi connectivity index (χ4n) is 9.01. The highest BCUT2D eigenvalue weighted by Gasteiger charge is 2.39. The van der Waals surface area contributed by atoms with Crippen LogP contribution in [0.25, 0.3) is 22.2 Å². The van der Waals surface area contributed by atoms with Crippen molar-refractivity contribution in [2.45, 2.75) is 57.0 Å². The number of piperazine rings is 1. The van der Waals surface area contributed by atoms with Crippen LogP contribution in [0.4, 0.5) is 24.5 Å². The molecule has 328 valence electrons. The number of carbonyl (C=O) groups excluding carboxylic acids is 4. The molecule has 1 aliphatic carbocycles. The van der Waals surface area contributed by atoms with E-state index in [9.17, 15) is 37.1 Å². The average molecular weight is 884 g/mol. The van der Waals surface area contributed by atoms with E-state index in [0.29, 0.717) is 48.0 Å². The van der Waals surface area contributed by atoms with Gasteiger partial charge in [0, 0.05) is 98.9 Å². The summed E-state index contributed by atoms with van der Waals surface area (Å²) < 4.78 is 73.0. The van der Waals surface area contributed by atoms with Crippen LogP contribution in [-0.4, -0.2) is 119 Å². The van der Waals surface area contributed by atoms with Gasteiger partial charge in [-0.1, -0.05) is 24.3 Å². The number of anilines is 2. The Hall–Kier alpha value is -5.95. The van der Waals surface area contributed by atoms with Crippen LogP contribution in [0, 0.1) is 11.6 Å². The van der Waals surface area contributed by atoms with E-state index in [-0.39, 0.29) is 49.0 Å². The van der Waals surface area contributed by atoms with Crippen molar-refractivity contribution in [3.05, 3.63) is 113 Å². The third-order valence-corrected chi connectivity index (χ3v) is 14.1. The van der Waals surface area contributed by atoms with Crippen molar-refractivity contribution in [1.29, 1.82) is 0 Å². The van der Waals surface area contributed by atoms with Gasteiger partial charge in [0.25, 0.3) is 5.91 Å². The Labute approximate surface area is 360 Å². The quantitative estimate of drug-likeness (QED) is 0.110. The third kappa shape index (κ3) is 8.35. The molecule has 9 rings (SSSR count). The second-order valence-corrected chi connectivity index (χ2v) is 18.2. The number of halogens is 3. The van der Waals surface area contributed by atoms with E-state index in [0.717, 1.165) is 65.0 Å². The first-order valence-electron chi connectivity index (χ1n) is 20.9. The van der Waals surface area contributed by atoms with Gasteiger partial charge in [-0.25, -0.2) is 18.2 Å². The Balaban J connectivity index is 0.807. The highest BCUT2D eigenvalue weighted by Crippen LogP contribution is 2.34. The first kappa shape index (κ1) is 42.4. The SMILES string of the molecule is O=C1CC[C@H](N2Cc3cc([C@H](O)CCN4CCN(c5ccc(-c6cnc7[nH]cc(C(=O)c8c(F)ccc(NS(=O)(=O)N9CC[C@@H](F)C9)c8F)c7c6)cc5)CC4)ccc3C2=O)C(=O)C1. The molecule has 0 radical (unpaired) electrons. The van der Waals surface area contributed by atoms with Crippen molar-refractivity contribution in [2.75, 3.05) is 55.4 Å². The lowest BCUT2D eigenvalue weighted by Gasteiger charge is -2.36. The Bertz CT molecular complexity index is 2760. The summed E-state index contributed by atoms with van der Waals surface area (Å²) in [4.78, 5) is 64.5. The molecule has 1 amide bonds. The van der Waals surface area contributed by atoms with Gasteiger partial charge < -0.3 is 19.9 Å². The van der Waals surface area contributed by atoms with Gasteiger partial charge in [-0.2, -0.15) is 12.7 Å². The number of benzene rings is 3. The number of alkyl halides is 1. The molecule has 3 fully saturated rings. The number of Topliss-reactive ketones (excluding diaryl/α,β-unsaturated/α-hetero) is 2. The number of fused-ring (bicyclic) bond motifs is 2. The van der Waals surface area contributed by atoms with Gasteiger partial charge in [0.15, 0.2) is 11.6 Å². The second-order valence-electron chi connectivity index (χ2n) is 16.6. The highest BCUT2D eigenvalue weighted by molar-refractivity contribution is 7.90. The molecule has 5 heterocycles. The molecule has 2 saturated heterocycles. The standard InChI is InChI=1S/C45H44F3N7O7S/c46-30-11-14-54(25-30)63(61,62)51-37-9-8-36(47)41(42(37)48)43(59)35-23-50-44-34(35)20-28(22-49-44)26-1-4-31(5-2-26)53-17-15-52(16-18-53)13-12-39(57)27-3-7-33-29(19-27)24-55(45(33)60)38-10-6-32(56)21-40(38)58/h1-5,7-9,19-20,22-23,30,38-39,51,57H,6,10-18,21,24-25H2,(H,49,50)/t30-,38+,39-/m1/s1. The van der Waals surface area contributed by atoms with Crippen molar-refractivity contribution < 1.29 is 45.9 Å². The van der Waals surface area contributed by atoms with Crippen molar-refractivity contribution in [3.8, 4) is 11.1 Å². The number of aliphatic hydroxyl groups is 1. The van der Waals surface area contributed by atoms with E-state index in [1.54, 1.807) is 29.3 Å². The number of rotatable bonds is 12. The summed E-state index contributed by atoms with van der Waals surface area (Å²) in [6.45, 7) is 3.52. The summed E-state index contributed by atoms with van der Waals surface area (Å²) in [5, 5.41) is 11.4. The Morgan fingerprint density at radius 1 is 0.952 bits per heavy atom. The molecular weight excluding hydrogens is 840 g/mol. The maximum Gasteiger partial charge on any atom is 0.301 e. The van der Waals surface area contributed by atoms with E-state index < -0.39 is 63.7 Å². The van der Waals surface area contributed by atoms with Gasteiger partial charge in [0.2, 0.25) is 5.78 Å². The molecule has 3 N–H and O–H groups in total. The number of hydrogen-bond acceptors (Lipinski definition) is 10. The summed E-state index contributed by atoms with van der Waals surface area (Å²) in [5.74, 6) is -4.12. The first-order valence-corrected chi connectivity index (χ1v) is 22.3. The zero-order chi connectivity index (χ0) is 44.2. The van der Waals surface area contributed by atoms with Gasteiger partial charge >= 0.3 is 10.2 Å². The number of pyridine rings is 1. The fourth-order valence-corrected chi connectivity index (χ4v) is 10.3. The lowest BCUT2D eigenvalue weighted by Crippen LogP contribution is -2.46. The zero-order valence-electron chi connectivity index (χ0n) is 34.0. The summed E-state index contributed by atoms with van der Waals surface area (Å²) in [7, 11) is -4.36. The van der Waals surface area contributed by atoms with Gasteiger partial charge in [-0.3, -0.25) is 28.8 Å². The molecule has 3 atom stereocenters. The first-order chi connectivity index (χ1) is 30.2. The van der Waals surface area contributed by atoms with E-state index >= 15 is 8.78 Å². The van der Waals surface area contributed by atoms with Crippen LogP contribution in [0.5, 0.6) is 0 Å².